The van der Waals surface area contributed by atoms with Crippen molar-refractivity contribution in [1.82, 2.24) is 0 Å². The Balaban J connectivity index is 1.81. The first-order chi connectivity index (χ1) is 9.76. The summed E-state index contributed by atoms with van der Waals surface area (Å²) in [7, 11) is 1.65. The maximum absolute atomic E-state index is 8.98. The summed E-state index contributed by atoms with van der Waals surface area (Å²) in [6, 6.07) is 7.84. The molecule has 0 amide bonds. The highest BCUT2D eigenvalue weighted by Gasteiger charge is 2.39. The zero-order valence-electron chi connectivity index (χ0n) is 12.0. The average Bonchev–Trinajstić information content (AvgIpc) is 3.24. The molecule has 4 heteroatoms. The summed E-state index contributed by atoms with van der Waals surface area (Å²) in [5.74, 6) is 0.843. The number of epoxide rings is 1. The maximum Gasteiger partial charge on any atom is 0.118 e. The van der Waals surface area contributed by atoms with Gasteiger partial charge in [-0.1, -0.05) is 24.3 Å². The second-order valence-corrected chi connectivity index (χ2v) is 4.85. The Morgan fingerprint density at radius 2 is 2.05 bits per heavy atom. The fraction of sp³-hybridized carbons (Fsp3) is 0.500. The number of hydrogen-bond acceptors (Lipinski definition) is 4. The van der Waals surface area contributed by atoms with Gasteiger partial charge >= 0.3 is 0 Å². The van der Waals surface area contributed by atoms with Crippen LogP contribution in [-0.4, -0.2) is 37.1 Å². The lowest BCUT2D eigenvalue weighted by Crippen LogP contribution is -2.14. The molecule has 0 spiro atoms. The van der Waals surface area contributed by atoms with E-state index in [1.165, 1.54) is 0 Å². The molecule has 1 saturated heterocycles. The molecule has 1 aromatic rings. The molecule has 0 unspecified atom stereocenters. The SMILES string of the molecule is C/C=C/[C@@H](C[C@H]1O[C@@H]1CO)OCc1ccc(OC)cc1. The lowest BCUT2D eigenvalue weighted by Gasteiger charge is -2.13. The van der Waals surface area contributed by atoms with Crippen LogP contribution >= 0.6 is 0 Å². The summed E-state index contributed by atoms with van der Waals surface area (Å²) in [5.41, 5.74) is 1.11. The summed E-state index contributed by atoms with van der Waals surface area (Å²) in [6.07, 6.45) is 4.92. The molecule has 3 atom stereocenters. The third-order valence-electron chi connectivity index (χ3n) is 3.36. The average molecular weight is 278 g/mol. The standard InChI is InChI=1S/C16H22O4/c1-3-4-14(9-15-16(10-17)20-15)19-11-12-5-7-13(18-2)8-6-12/h3-8,14-17H,9-11H2,1-2H3/b4-3+/t14-,15+,16+/m0/s1. The second kappa shape index (κ2) is 7.43. The molecule has 1 heterocycles. The monoisotopic (exact) mass is 278 g/mol. The minimum Gasteiger partial charge on any atom is -0.497 e. The number of hydrogen-bond donors (Lipinski definition) is 1. The van der Waals surface area contributed by atoms with Gasteiger partial charge in [0.05, 0.1) is 32.5 Å². The molecule has 1 aromatic carbocycles. The van der Waals surface area contributed by atoms with Crippen molar-refractivity contribution in [3.05, 3.63) is 42.0 Å². The molecular weight excluding hydrogens is 256 g/mol. The number of allylic oxidation sites excluding steroid dienone is 1. The van der Waals surface area contributed by atoms with Gasteiger partial charge in [-0.2, -0.15) is 0 Å². The van der Waals surface area contributed by atoms with Gasteiger partial charge in [-0.05, 0) is 24.6 Å². The van der Waals surface area contributed by atoms with Gasteiger partial charge in [0.1, 0.15) is 11.9 Å². The lowest BCUT2D eigenvalue weighted by molar-refractivity contribution is 0.0612. The Bertz CT molecular complexity index is 427. The van der Waals surface area contributed by atoms with Crippen LogP contribution in [0.2, 0.25) is 0 Å². The van der Waals surface area contributed by atoms with E-state index in [9.17, 15) is 0 Å². The summed E-state index contributed by atoms with van der Waals surface area (Å²) >= 11 is 0. The molecule has 0 saturated carbocycles. The smallest absolute Gasteiger partial charge is 0.118 e. The number of aliphatic hydroxyl groups is 1. The minimum absolute atomic E-state index is 0.00709. The fourth-order valence-corrected chi connectivity index (χ4v) is 2.12. The summed E-state index contributed by atoms with van der Waals surface area (Å²) in [5, 5.41) is 8.98. The topological polar surface area (TPSA) is 51.2 Å². The van der Waals surface area contributed by atoms with E-state index in [1.54, 1.807) is 7.11 Å². The predicted molar refractivity (Wildman–Crippen MR) is 76.7 cm³/mol. The lowest BCUT2D eigenvalue weighted by atomic mass is 10.1. The zero-order chi connectivity index (χ0) is 14.4. The first-order valence-electron chi connectivity index (χ1n) is 6.90. The van der Waals surface area contributed by atoms with E-state index in [2.05, 4.69) is 0 Å². The minimum atomic E-state index is -0.00709. The van der Waals surface area contributed by atoms with Crippen molar-refractivity contribution >= 4 is 0 Å². The van der Waals surface area contributed by atoms with E-state index < -0.39 is 0 Å². The maximum atomic E-state index is 8.98. The van der Waals surface area contributed by atoms with Crippen LogP contribution in [0.1, 0.15) is 18.9 Å². The Morgan fingerprint density at radius 1 is 1.30 bits per heavy atom. The number of methoxy groups -OCH3 is 1. The molecule has 0 radical (unpaired) electrons. The second-order valence-electron chi connectivity index (χ2n) is 4.85. The van der Waals surface area contributed by atoms with E-state index in [1.807, 2.05) is 43.3 Å². The molecule has 0 aromatic heterocycles. The van der Waals surface area contributed by atoms with E-state index in [0.717, 1.165) is 17.7 Å². The molecule has 1 aliphatic heterocycles. The van der Waals surface area contributed by atoms with Crippen LogP contribution < -0.4 is 4.74 Å². The van der Waals surface area contributed by atoms with Crippen LogP contribution in [0.5, 0.6) is 5.75 Å². The molecule has 20 heavy (non-hydrogen) atoms. The van der Waals surface area contributed by atoms with Crippen molar-refractivity contribution in [2.24, 2.45) is 0 Å². The molecule has 1 N–H and O–H groups in total. The van der Waals surface area contributed by atoms with Gasteiger partial charge in [0.2, 0.25) is 0 Å². The number of ether oxygens (including phenoxy) is 3. The van der Waals surface area contributed by atoms with Crippen LogP contribution in [0.4, 0.5) is 0 Å². The quantitative estimate of drug-likeness (QED) is 0.585. The van der Waals surface area contributed by atoms with Gasteiger partial charge in [0, 0.05) is 6.42 Å². The zero-order valence-corrected chi connectivity index (χ0v) is 12.0. The van der Waals surface area contributed by atoms with Crippen LogP contribution in [0.25, 0.3) is 0 Å². The van der Waals surface area contributed by atoms with E-state index in [-0.39, 0.29) is 24.9 Å². The summed E-state index contributed by atoms with van der Waals surface area (Å²) < 4.78 is 16.4. The number of benzene rings is 1. The van der Waals surface area contributed by atoms with E-state index in [0.29, 0.717) is 6.61 Å². The van der Waals surface area contributed by atoms with Gasteiger partial charge in [0.25, 0.3) is 0 Å². The highest BCUT2D eigenvalue weighted by molar-refractivity contribution is 5.26. The molecule has 0 aliphatic carbocycles. The predicted octanol–water partition coefficient (Wildman–Crippen LogP) is 2.31. The summed E-state index contributed by atoms with van der Waals surface area (Å²) in [4.78, 5) is 0. The molecule has 4 nitrogen and oxygen atoms in total. The van der Waals surface area contributed by atoms with Crippen LogP contribution in [0.3, 0.4) is 0 Å². The molecule has 1 aliphatic rings. The van der Waals surface area contributed by atoms with Crippen LogP contribution in [0.15, 0.2) is 36.4 Å². The van der Waals surface area contributed by atoms with Gasteiger partial charge in [-0.15, -0.1) is 0 Å². The first-order valence-corrected chi connectivity index (χ1v) is 6.90. The van der Waals surface area contributed by atoms with Crippen LogP contribution in [-0.2, 0) is 16.1 Å². The van der Waals surface area contributed by atoms with Crippen molar-refractivity contribution in [3.8, 4) is 5.75 Å². The van der Waals surface area contributed by atoms with Crippen molar-refractivity contribution in [2.45, 2.75) is 38.3 Å². The Kier molecular flexibility index (Phi) is 5.59. The molecule has 110 valence electrons. The summed E-state index contributed by atoms with van der Waals surface area (Å²) in [6.45, 7) is 2.61. The highest BCUT2D eigenvalue weighted by atomic mass is 16.6. The van der Waals surface area contributed by atoms with Gasteiger partial charge in [-0.3, -0.25) is 0 Å². The fourth-order valence-electron chi connectivity index (χ4n) is 2.12. The van der Waals surface area contributed by atoms with Gasteiger partial charge < -0.3 is 19.3 Å². The largest absolute Gasteiger partial charge is 0.497 e. The van der Waals surface area contributed by atoms with Crippen molar-refractivity contribution in [3.63, 3.8) is 0 Å². The first kappa shape index (κ1) is 15.0. The highest BCUT2D eigenvalue weighted by Crippen LogP contribution is 2.27. The molecule has 0 bridgehead atoms. The van der Waals surface area contributed by atoms with Crippen molar-refractivity contribution in [2.75, 3.05) is 13.7 Å². The van der Waals surface area contributed by atoms with Crippen molar-refractivity contribution in [1.29, 1.82) is 0 Å². The van der Waals surface area contributed by atoms with E-state index in [4.69, 9.17) is 19.3 Å². The molecule has 1 fully saturated rings. The van der Waals surface area contributed by atoms with Crippen LogP contribution in [0, 0.1) is 0 Å². The third-order valence-corrected chi connectivity index (χ3v) is 3.36. The Hall–Kier alpha value is -1.36. The Morgan fingerprint density at radius 3 is 2.60 bits per heavy atom. The van der Waals surface area contributed by atoms with Gasteiger partial charge in [0.15, 0.2) is 0 Å². The molecule has 2 rings (SSSR count). The third kappa shape index (κ3) is 4.34. The Labute approximate surface area is 120 Å². The van der Waals surface area contributed by atoms with E-state index >= 15 is 0 Å². The molecular formula is C16H22O4. The number of rotatable bonds is 8. The van der Waals surface area contributed by atoms with Gasteiger partial charge in [-0.25, -0.2) is 0 Å². The van der Waals surface area contributed by atoms with Crippen molar-refractivity contribution < 1.29 is 19.3 Å². The normalized spacial score (nSPS) is 22.9. The number of aliphatic hydroxyl groups excluding tert-OH is 1.